The molecule has 0 saturated carbocycles. The van der Waals surface area contributed by atoms with Gasteiger partial charge in [0.15, 0.2) is 0 Å². The highest BCUT2D eigenvalue weighted by atomic mass is 16.4. The Labute approximate surface area is 86.0 Å². The first-order chi connectivity index (χ1) is 7.27. The van der Waals surface area contributed by atoms with Gasteiger partial charge in [0.25, 0.3) is 0 Å². The molecule has 0 aliphatic heterocycles. The SMILES string of the molecule is O=C(O)c1ccccc1Cn1nccn1. The molecule has 1 heterocycles. The molecule has 0 fully saturated rings. The van der Waals surface area contributed by atoms with E-state index < -0.39 is 5.97 Å². The van der Waals surface area contributed by atoms with Gasteiger partial charge in [0.1, 0.15) is 0 Å². The Morgan fingerprint density at radius 2 is 1.93 bits per heavy atom. The summed E-state index contributed by atoms with van der Waals surface area (Å²) in [6, 6.07) is 6.82. The van der Waals surface area contributed by atoms with Gasteiger partial charge in [-0.1, -0.05) is 18.2 Å². The summed E-state index contributed by atoms with van der Waals surface area (Å²) in [5, 5.41) is 16.8. The first-order valence-electron chi connectivity index (χ1n) is 4.42. The third kappa shape index (κ3) is 2.01. The highest BCUT2D eigenvalue weighted by Gasteiger charge is 2.09. The number of carbonyl (C=O) groups is 1. The predicted octanol–water partition coefficient (Wildman–Crippen LogP) is 1.02. The predicted molar refractivity (Wildman–Crippen MR) is 52.5 cm³/mol. The van der Waals surface area contributed by atoms with Crippen LogP contribution < -0.4 is 0 Å². The standard InChI is InChI=1S/C10H9N3O2/c14-10(15)9-4-2-1-3-8(9)7-13-11-5-6-12-13/h1-6H,7H2,(H,14,15). The van der Waals surface area contributed by atoms with Crippen molar-refractivity contribution >= 4 is 5.97 Å². The van der Waals surface area contributed by atoms with Crippen LogP contribution in [0, 0.1) is 0 Å². The van der Waals surface area contributed by atoms with E-state index in [-0.39, 0.29) is 5.56 Å². The highest BCUT2D eigenvalue weighted by molar-refractivity contribution is 5.89. The summed E-state index contributed by atoms with van der Waals surface area (Å²) < 4.78 is 0. The van der Waals surface area contributed by atoms with Crippen LogP contribution in [0.1, 0.15) is 15.9 Å². The fourth-order valence-electron chi connectivity index (χ4n) is 1.34. The van der Waals surface area contributed by atoms with Gasteiger partial charge in [0.2, 0.25) is 0 Å². The minimum absolute atomic E-state index is 0.287. The molecule has 15 heavy (non-hydrogen) atoms. The molecule has 1 N–H and O–H groups in total. The van der Waals surface area contributed by atoms with Gasteiger partial charge in [-0.25, -0.2) is 4.79 Å². The number of nitrogens with zero attached hydrogens (tertiary/aromatic N) is 3. The number of aromatic nitrogens is 3. The molecule has 1 aromatic heterocycles. The number of aromatic carboxylic acids is 1. The quantitative estimate of drug-likeness (QED) is 0.808. The second-order valence-electron chi connectivity index (χ2n) is 3.02. The van der Waals surface area contributed by atoms with Crippen molar-refractivity contribution in [2.75, 3.05) is 0 Å². The summed E-state index contributed by atoms with van der Waals surface area (Å²) in [6.07, 6.45) is 3.12. The van der Waals surface area contributed by atoms with Crippen LogP contribution in [0.2, 0.25) is 0 Å². The van der Waals surface area contributed by atoms with Crippen LogP contribution in [0.3, 0.4) is 0 Å². The molecule has 5 nitrogen and oxygen atoms in total. The minimum atomic E-state index is -0.933. The van der Waals surface area contributed by atoms with Gasteiger partial charge in [0.05, 0.1) is 24.5 Å². The second-order valence-corrected chi connectivity index (χ2v) is 3.02. The molecule has 0 saturated heterocycles. The van der Waals surface area contributed by atoms with E-state index >= 15 is 0 Å². The zero-order chi connectivity index (χ0) is 10.7. The Morgan fingerprint density at radius 3 is 2.60 bits per heavy atom. The Balaban J connectivity index is 2.32. The smallest absolute Gasteiger partial charge is 0.336 e. The minimum Gasteiger partial charge on any atom is -0.478 e. The maximum absolute atomic E-state index is 10.9. The summed E-state index contributed by atoms with van der Waals surface area (Å²) in [6.45, 7) is 0.371. The van der Waals surface area contributed by atoms with Crippen molar-refractivity contribution in [3.05, 3.63) is 47.8 Å². The van der Waals surface area contributed by atoms with E-state index in [1.165, 1.54) is 4.80 Å². The lowest BCUT2D eigenvalue weighted by molar-refractivity contribution is 0.0695. The van der Waals surface area contributed by atoms with E-state index in [1.54, 1.807) is 36.7 Å². The van der Waals surface area contributed by atoms with Crippen LogP contribution in [0.25, 0.3) is 0 Å². The van der Waals surface area contributed by atoms with E-state index in [2.05, 4.69) is 10.2 Å². The van der Waals surface area contributed by atoms with Crippen molar-refractivity contribution in [2.45, 2.75) is 6.54 Å². The van der Waals surface area contributed by atoms with Crippen molar-refractivity contribution < 1.29 is 9.90 Å². The van der Waals surface area contributed by atoms with Crippen molar-refractivity contribution in [3.63, 3.8) is 0 Å². The lowest BCUT2D eigenvalue weighted by Crippen LogP contribution is -2.09. The molecule has 0 unspecified atom stereocenters. The normalized spacial score (nSPS) is 10.1. The number of carboxylic acid groups (broad SMARTS) is 1. The maximum atomic E-state index is 10.9. The number of carboxylic acids is 1. The van der Waals surface area contributed by atoms with Crippen molar-refractivity contribution in [1.29, 1.82) is 0 Å². The van der Waals surface area contributed by atoms with Gasteiger partial charge < -0.3 is 5.11 Å². The van der Waals surface area contributed by atoms with E-state index in [1.807, 2.05) is 0 Å². The lowest BCUT2D eigenvalue weighted by atomic mass is 10.1. The van der Waals surface area contributed by atoms with E-state index in [0.717, 1.165) is 0 Å². The second kappa shape index (κ2) is 3.91. The highest BCUT2D eigenvalue weighted by Crippen LogP contribution is 2.09. The van der Waals surface area contributed by atoms with Crippen LogP contribution in [0.5, 0.6) is 0 Å². The largest absolute Gasteiger partial charge is 0.478 e. The molecule has 5 heteroatoms. The molecular weight excluding hydrogens is 194 g/mol. The topological polar surface area (TPSA) is 68.0 Å². The summed E-state index contributed by atoms with van der Waals surface area (Å²) in [5.74, 6) is -0.933. The van der Waals surface area contributed by atoms with Gasteiger partial charge >= 0.3 is 5.97 Å². The molecule has 0 aliphatic rings. The third-order valence-corrected chi connectivity index (χ3v) is 2.03. The molecule has 0 atom stereocenters. The monoisotopic (exact) mass is 203 g/mol. The molecule has 0 radical (unpaired) electrons. The molecule has 2 aromatic rings. The van der Waals surface area contributed by atoms with Gasteiger partial charge in [-0.3, -0.25) is 0 Å². The molecule has 0 aliphatic carbocycles. The van der Waals surface area contributed by atoms with Crippen LogP contribution in [0.4, 0.5) is 0 Å². The summed E-state index contributed by atoms with van der Waals surface area (Å²) in [5.41, 5.74) is 0.982. The van der Waals surface area contributed by atoms with Crippen molar-refractivity contribution in [1.82, 2.24) is 15.0 Å². The number of hydrogen-bond donors (Lipinski definition) is 1. The Kier molecular flexibility index (Phi) is 2.45. The van der Waals surface area contributed by atoms with Gasteiger partial charge in [-0.05, 0) is 11.6 Å². The van der Waals surface area contributed by atoms with Gasteiger partial charge in [0, 0.05) is 0 Å². The molecular formula is C10H9N3O2. The summed E-state index contributed by atoms with van der Waals surface area (Å²) >= 11 is 0. The Hall–Kier alpha value is -2.17. The van der Waals surface area contributed by atoms with Crippen LogP contribution in [0.15, 0.2) is 36.7 Å². The van der Waals surface area contributed by atoms with Crippen LogP contribution >= 0.6 is 0 Å². The molecule has 76 valence electrons. The lowest BCUT2D eigenvalue weighted by Gasteiger charge is -2.04. The maximum Gasteiger partial charge on any atom is 0.336 e. The Bertz CT molecular complexity index is 465. The summed E-state index contributed by atoms with van der Waals surface area (Å²) in [4.78, 5) is 12.3. The van der Waals surface area contributed by atoms with E-state index in [4.69, 9.17) is 5.11 Å². The zero-order valence-corrected chi connectivity index (χ0v) is 7.87. The number of benzene rings is 1. The summed E-state index contributed by atoms with van der Waals surface area (Å²) in [7, 11) is 0. The molecule has 2 rings (SSSR count). The van der Waals surface area contributed by atoms with Crippen molar-refractivity contribution in [2.24, 2.45) is 0 Å². The number of rotatable bonds is 3. The Morgan fingerprint density at radius 1 is 1.27 bits per heavy atom. The van der Waals surface area contributed by atoms with Crippen LogP contribution in [-0.2, 0) is 6.54 Å². The molecule has 1 aromatic carbocycles. The fourth-order valence-corrected chi connectivity index (χ4v) is 1.34. The first kappa shape index (κ1) is 9.39. The molecule has 0 spiro atoms. The fraction of sp³-hybridized carbons (Fsp3) is 0.100. The van der Waals surface area contributed by atoms with E-state index in [0.29, 0.717) is 12.1 Å². The number of hydrogen-bond acceptors (Lipinski definition) is 3. The average molecular weight is 203 g/mol. The first-order valence-corrected chi connectivity index (χ1v) is 4.42. The molecule has 0 bridgehead atoms. The average Bonchev–Trinajstić information content (AvgIpc) is 2.71. The van der Waals surface area contributed by atoms with Crippen molar-refractivity contribution in [3.8, 4) is 0 Å². The molecule has 0 amide bonds. The zero-order valence-electron chi connectivity index (χ0n) is 7.87. The van der Waals surface area contributed by atoms with Gasteiger partial charge in [-0.15, -0.1) is 0 Å². The van der Waals surface area contributed by atoms with Gasteiger partial charge in [-0.2, -0.15) is 15.0 Å². The van der Waals surface area contributed by atoms with Crippen LogP contribution in [-0.4, -0.2) is 26.1 Å². The third-order valence-electron chi connectivity index (χ3n) is 2.03. The van der Waals surface area contributed by atoms with E-state index in [9.17, 15) is 4.79 Å².